The third-order valence-corrected chi connectivity index (χ3v) is 5.62. The first-order valence-electron chi connectivity index (χ1n) is 6.29. The SMILES string of the molecule is CC(C)c1csc2nc(C3CCCS3)[nH]c(=O)c12. The number of H-pyrrole nitrogens is 1. The molecule has 18 heavy (non-hydrogen) atoms. The Morgan fingerprint density at radius 2 is 2.33 bits per heavy atom. The van der Waals surface area contributed by atoms with Crippen molar-refractivity contribution in [2.75, 3.05) is 5.75 Å². The van der Waals surface area contributed by atoms with E-state index in [9.17, 15) is 4.79 Å². The first kappa shape index (κ1) is 12.2. The Morgan fingerprint density at radius 1 is 1.50 bits per heavy atom. The van der Waals surface area contributed by atoms with E-state index < -0.39 is 0 Å². The molecule has 1 N–H and O–H groups in total. The second kappa shape index (κ2) is 4.70. The molecule has 0 amide bonds. The van der Waals surface area contributed by atoms with Gasteiger partial charge < -0.3 is 4.98 Å². The van der Waals surface area contributed by atoms with E-state index in [2.05, 4.69) is 29.2 Å². The number of aromatic nitrogens is 2. The minimum absolute atomic E-state index is 0.0347. The van der Waals surface area contributed by atoms with Crippen LogP contribution in [-0.2, 0) is 0 Å². The van der Waals surface area contributed by atoms with Crippen LogP contribution in [0.4, 0.5) is 0 Å². The Labute approximate surface area is 114 Å². The van der Waals surface area contributed by atoms with Crippen molar-refractivity contribution in [1.82, 2.24) is 9.97 Å². The van der Waals surface area contributed by atoms with Gasteiger partial charge in [0.1, 0.15) is 10.7 Å². The van der Waals surface area contributed by atoms with Gasteiger partial charge in [0.05, 0.1) is 10.6 Å². The summed E-state index contributed by atoms with van der Waals surface area (Å²) in [6.07, 6.45) is 2.35. The highest BCUT2D eigenvalue weighted by Gasteiger charge is 2.22. The van der Waals surface area contributed by atoms with Crippen LogP contribution in [-0.4, -0.2) is 15.7 Å². The molecular weight excluding hydrogens is 264 g/mol. The highest BCUT2D eigenvalue weighted by molar-refractivity contribution is 7.99. The second-order valence-corrected chi connectivity index (χ2v) is 7.15. The molecule has 1 saturated heterocycles. The summed E-state index contributed by atoms with van der Waals surface area (Å²) < 4.78 is 0. The average Bonchev–Trinajstić information content (AvgIpc) is 2.97. The van der Waals surface area contributed by atoms with Gasteiger partial charge in [0.25, 0.3) is 5.56 Å². The number of hydrogen-bond acceptors (Lipinski definition) is 4. The number of rotatable bonds is 2. The van der Waals surface area contributed by atoms with Crippen LogP contribution in [0.5, 0.6) is 0 Å². The number of thioether (sulfide) groups is 1. The molecule has 1 aliphatic rings. The summed E-state index contributed by atoms with van der Waals surface area (Å²) in [6, 6.07) is 0. The van der Waals surface area contributed by atoms with Crippen molar-refractivity contribution in [3.05, 3.63) is 27.1 Å². The van der Waals surface area contributed by atoms with Gasteiger partial charge in [0.15, 0.2) is 0 Å². The Kier molecular flexibility index (Phi) is 3.20. The average molecular weight is 280 g/mol. The van der Waals surface area contributed by atoms with Crippen molar-refractivity contribution in [1.29, 1.82) is 0 Å². The number of aromatic amines is 1. The van der Waals surface area contributed by atoms with Gasteiger partial charge in [0.2, 0.25) is 0 Å². The van der Waals surface area contributed by atoms with Gasteiger partial charge in [-0.15, -0.1) is 11.3 Å². The first-order chi connectivity index (χ1) is 8.66. The zero-order chi connectivity index (χ0) is 12.7. The molecule has 0 spiro atoms. The van der Waals surface area contributed by atoms with Crippen LogP contribution in [0, 0.1) is 0 Å². The molecule has 0 bridgehead atoms. The van der Waals surface area contributed by atoms with Crippen LogP contribution < -0.4 is 5.56 Å². The van der Waals surface area contributed by atoms with Crippen LogP contribution in [0.15, 0.2) is 10.2 Å². The Hall–Kier alpha value is -0.810. The van der Waals surface area contributed by atoms with Gasteiger partial charge in [-0.25, -0.2) is 4.98 Å². The van der Waals surface area contributed by atoms with Crippen molar-refractivity contribution in [3.8, 4) is 0 Å². The van der Waals surface area contributed by atoms with Crippen molar-refractivity contribution in [2.45, 2.75) is 37.9 Å². The second-order valence-electron chi connectivity index (χ2n) is 4.98. The van der Waals surface area contributed by atoms with E-state index in [4.69, 9.17) is 0 Å². The third kappa shape index (κ3) is 1.99. The first-order valence-corrected chi connectivity index (χ1v) is 8.22. The molecule has 3 nitrogen and oxygen atoms in total. The highest BCUT2D eigenvalue weighted by Crippen LogP contribution is 2.38. The summed E-state index contributed by atoms with van der Waals surface area (Å²) in [6.45, 7) is 4.23. The van der Waals surface area contributed by atoms with E-state index in [1.807, 2.05) is 11.8 Å². The predicted molar refractivity (Wildman–Crippen MR) is 78.8 cm³/mol. The normalized spacial score (nSPS) is 20.1. The fourth-order valence-corrected chi connectivity index (χ4v) is 4.69. The number of fused-ring (bicyclic) bond motifs is 1. The number of nitrogens with zero attached hydrogens (tertiary/aromatic N) is 1. The molecule has 0 aromatic carbocycles. The molecule has 0 saturated carbocycles. The zero-order valence-electron chi connectivity index (χ0n) is 10.5. The fraction of sp³-hybridized carbons (Fsp3) is 0.538. The largest absolute Gasteiger partial charge is 0.309 e. The zero-order valence-corrected chi connectivity index (χ0v) is 12.2. The molecule has 1 atom stereocenters. The maximum absolute atomic E-state index is 12.2. The van der Waals surface area contributed by atoms with Gasteiger partial charge in [0, 0.05) is 0 Å². The summed E-state index contributed by atoms with van der Waals surface area (Å²) in [4.78, 5) is 20.8. The molecule has 3 heterocycles. The minimum Gasteiger partial charge on any atom is -0.309 e. The van der Waals surface area contributed by atoms with E-state index in [1.54, 1.807) is 11.3 Å². The lowest BCUT2D eigenvalue weighted by atomic mass is 10.0. The van der Waals surface area contributed by atoms with E-state index >= 15 is 0 Å². The summed E-state index contributed by atoms with van der Waals surface area (Å²) in [5.74, 6) is 2.41. The molecule has 2 aromatic rings. The lowest BCUT2D eigenvalue weighted by Crippen LogP contribution is -2.13. The standard InChI is InChI=1S/C13H16N2OS2/c1-7(2)8-6-18-13-10(8)12(16)14-11(15-13)9-4-3-5-17-9/h6-7,9H,3-5H2,1-2H3,(H,14,15,16). The lowest BCUT2D eigenvalue weighted by molar-refractivity contribution is 0.778. The van der Waals surface area contributed by atoms with Crippen LogP contribution in [0.2, 0.25) is 0 Å². The van der Waals surface area contributed by atoms with E-state index in [0.717, 1.165) is 28.0 Å². The molecule has 1 fully saturated rings. The highest BCUT2D eigenvalue weighted by atomic mass is 32.2. The molecule has 1 unspecified atom stereocenters. The van der Waals surface area contributed by atoms with Gasteiger partial charge in [-0.3, -0.25) is 4.79 Å². The third-order valence-electron chi connectivity index (χ3n) is 3.35. The van der Waals surface area contributed by atoms with Crippen molar-refractivity contribution >= 4 is 33.3 Å². The van der Waals surface area contributed by atoms with Crippen molar-refractivity contribution < 1.29 is 0 Å². The maximum atomic E-state index is 12.2. The van der Waals surface area contributed by atoms with E-state index in [0.29, 0.717) is 11.2 Å². The van der Waals surface area contributed by atoms with Crippen molar-refractivity contribution in [2.24, 2.45) is 0 Å². The summed E-state index contributed by atoms with van der Waals surface area (Å²) in [7, 11) is 0. The Bertz CT molecular complexity index is 623. The van der Waals surface area contributed by atoms with E-state index in [-0.39, 0.29) is 5.56 Å². The van der Waals surface area contributed by atoms with Gasteiger partial charge in [-0.05, 0) is 35.5 Å². The molecule has 1 aliphatic heterocycles. The lowest BCUT2D eigenvalue weighted by Gasteiger charge is -2.08. The molecule has 2 aromatic heterocycles. The number of nitrogens with one attached hydrogen (secondary N) is 1. The van der Waals surface area contributed by atoms with E-state index in [1.165, 1.54) is 12.2 Å². The van der Waals surface area contributed by atoms with Crippen LogP contribution in [0.25, 0.3) is 10.2 Å². The topological polar surface area (TPSA) is 45.8 Å². The van der Waals surface area contributed by atoms with Gasteiger partial charge in [-0.1, -0.05) is 13.8 Å². The molecule has 0 radical (unpaired) electrons. The monoisotopic (exact) mass is 280 g/mol. The van der Waals surface area contributed by atoms with Crippen molar-refractivity contribution in [3.63, 3.8) is 0 Å². The molecule has 0 aliphatic carbocycles. The van der Waals surface area contributed by atoms with Crippen LogP contribution in [0.1, 0.15) is 49.2 Å². The smallest absolute Gasteiger partial charge is 0.259 e. The molecular formula is C13H16N2OS2. The Morgan fingerprint density at radius 3 is 3.00 bits per heavy atom. The quantitative estimate of drug-likeness (QED) is 0.912. The van der Waals surface area contributed by atoms with Crippen LogP contribution >= 0.6 is 23.1 Å². The minimum atomic E-state index is 0.0347. The number of thiophene rings is 1. The maximum Gasteiger partial charge on any atom is 0.259 e. The fourth-order valence-electron chi connectivity index (χ4n) is 2.36. The molecule has 96 valence electrons. The summed E-state index contributed by atoms with van der Waals surface area (Å²) in [5, 5.41) is 3.25. The van der Waals surface area contributed by atoms with Gasteiger partial charge in [-0.2, -0.15) is 11.8 Å². The number of hydrogen-bond donors (Lipinski definition) is 1. The molecule has 5 heteroatoms. The summed E-state index contributed by atoms with van der Waals surface area (Å²) in [5.41, 5.74) is 1.15. The van der Waals surface area contributed by atoms with Gasteiger partial charge >= 0.3 is 0 Å². The summed E-state index contributed by atoms with van der Waals surface area (Å²) >= 11 is 3.49. The van der Waals surface area contributed by atoms with Crippen LogP contribution in [0.3, 0.4) is 0 Å². The molecule has 3 rings (SSSR count). The predicted octanol–water partition coefficient (Wildman–Crippen LogP) is 3.68. The Balaban J connectivity index is 2.14.